The summed E-state index contributed by atoms with van der Waals surface area (Å²) in [5.74, 6) is 0.905. The van der Waals surface area contributed by atoms with Crippen molar-refractivity contribution in [1.82, 2.24) is 30.1 Å². The quantitative estimate of drug-likeness (QED) is 0.267. The predicted octanol–water partition coefficient (Wildman–Crippen LogP) is 5.40. The number of aromatic nitrogens is 5. The molecule has 3 aromatic heterocycles. The number of halogens is 1. The van der Waals surface area contributed by atoms with Crippen LogP contribution in [0.5, 0.6) is 0 Å². The number of pyridine rings is 1. The molecule has 0 saturated heterocycles. The summed E-state index contributed by atoms with van der Waals surface area (Å²) in [6.07, 6.45) is 1.62. The lowest BCUT2D eigenvalue weighted by atomic mass is 10.0. The van der Waals surface area contributed by atoms with Crippen LogP contribution >= 0.6 is 0 Å². The molecule has 1 N–H and O–H groups in total. The van der Waals surface area contributed by atoms with Gasteiger partial charge < -0.3 is 9.40 Å². The lowest BCUT2D eigenvalue weighted by Crippen LogP contribution is -2.34. The summed E-state index contributed by atoms with van der Waals surface area (Å²) < 4.78 is 21.2. The van der Waals surface area contributed by atoms with Gasteiger partial charge in [-0.05, 0) is 75.8 Å². The van der Waals surface area contributed by atoms with E-state index in [2.05, 4.69) is 25.4 Å². The first-order chi connectivity index (χ1) is 19.5. The maximum Gasteiger partial charge on any atom is 0.253 e. The van der Waals surface area contributed by atoms with Crippen LogP contribution in [0.4, 0.5) is 4.39 Å². The second kappa shape index (κ2) is 11.1. The van der Waals surface area contributed by atoms with Crippen molar-refractivity contribution in [3.63, 3.8) is 0 Å². The van der Waals surface area contributed by atoms with E-state index in [9.17, 15) is 9.18 Å². The Kier molecular flexibility index (Phi) is 7.03. The molecule has 0 aliphatic carbocycles. The van der Waals surface area contributed by atoms with E-state index in [1.54, 1.807) is 23.1 Å². The van der Waals surface area contributed by atoms with E-state index in [0.717, 1.165) is 27.6 Å². The lowest BCUT2D eigenvalue weighted by Gasteiger charge is -2.30. The lowest BCUT2D eigenvalue weighted by molar-refractivity contribution is 0.179. The summed E-state index contributed by atoms with van der Waals surface area (Å²) >= 11 is 0. The number of aromatic amines is 1. The third-order valence-electron chi connectivity index (χ3n) is 6.91. The Labute approximate surface area is 229 Å². The largest absolute Gasteiger partial charge is 0.468 e. The van der Waals surface area contributed by atoms with Crippen LogP contribution in [0.25, 0.3) is 10.9 Å². The van der Waals surface area contributed by atoms with Gasteiger partial charge in [0.05, 0.1) is 19.4 Å². The zero-order valence-electron chi connectivity index (χ0n) is 21.9. The number of nitrogens with zero attached hydrogens (tertiary/aromatic N) is 5. The predicted molar refractivity (Wildman–Crippen MR) is 149 cm³/mol. The molecule has 1 atom stereocenters. The number of tetrazole rings is 1. The number of fused-ring (bicyclic) bond motifs is 1. The molecule has 0 saturated carbocycles. The highest BCUT2D eigenvalue weighted by Crippen LogP contribution is 2.30. The van der Waals surface area contributed by atoms with Gasteiger partial charge in [0.15, 0.2) is 5.82 Å². The SMILES string of the molecule is Cc1ccc2cc([C@@H](c3nnnn3Cc3ccccc3)N(Cc3ccc(F)cc3)Cc3ccco3)c(=O)[nH]c2c1. The fraction of sp³-hybridized carbons (Fsp3) is 0.161. The first-order valence-corrected chi connectivity index (χ1v) is 13.0. The molecule has 0 aliphatic rings. The number of furan rings is 1. The van der Waals surface area contributed by atoms with Crippen molar-refractivity contribution in [2.75, 3.05) is 0 Å². The van der Waals surface area contributed by atoms with E-state index in [1.165, 1.54) is 12.1 Å². The highest BCUT2D eigenvalue weighted by atomic mass is 19.1. The van der Waals surface area contributed by atoms with Crippen LogP contribution in [0.2, 0.25) is 0 Å². The van der Waals surface area contributed by atoms with Crippen molar-refractivity contribution < 1.29 is 8.81 Å². The Morgan fingerprint density at radius 3 is 2.55 bits per heavy atom. The number of hydrogen-bond donors (Lipinski definition) is 1. The average molecular weight is 535 g/mol. The van der Waals surface area contributed by atoms with Crippen molar-refractivity contribution in [3.05, 3.63) is 147 Å². The molecule has 0 aliphatic heterocycles. The number of benzene rings is 3. The minimum Gasteiger partial charge on any atom is -0.468 e. The summed E-state index contributed by atoms with van der Waals surface area (Å²) in [5.41, 5.74) is 3.96. The summed E-state index contributed by atoms with van der Waals surface area (Å²) in [5, 5.41) is 13.7. The third kappa shape index (κ3) is 5.45. The van der Waals surface area contributed by atoms with Crippen molar-refractivity contribution in [2.24, 2.45) is 0 Å². The molecule has 6 aromatic rings. The topological polar surface area (TPSA) is 92.8 Å². The average Bonchev–Trinajstić information content (AvgIpc) is 3.63. The minimum absolute atomic E-state index is 0.235. The maximum atomic E-state index is 13.8. The third-order valence-corrected chi connectivity index (χ3v) is 6.91. The number of hydrogen-bond acceptors (Lipinski definition) is 6. The van der Waals surface area contributed by atoms with E-state index in [0.29, 0.717) is 36.8 Å². The molecular formula is C31H27FN6O2. The first kappa shape index (κ1) is 25.4. The molecule has 0 amide bonds. The standard InChI is InChI=1S/C31H27FN6O2/c1-21-9-12-24-17-27(31(39)33-28(24)16-21)29(30-34-35-36-38(30)19-22-6-3-2-4-7-22)37(20-26-8-5-15-40-26)18-23-10-13-25(32)14-11-23/h2-17,29H,18-20H2,1H3,(H,33,39)/t29-/m0/s1. The fourth-order valence-corrected chi connectivity index (χ4v) is 4.98. The minimum atomic E-state index is -0.650. The van der Waals surface area contributed by atoms with Crippen LogP contribution in [0.1, 0.15) is 39.9 Å². The smallest absolute Gasteiger partial charge is 0.253 e. The van der Waals surface area contributed by atoms with Gasteiger partial charge in [0.25, 0.3) is 5.56 Å². The zero-order chi connectivity index (χ0) is 27.5. The number of aryl methyl sites for hydroxylation is 1. The van der Waals surface area contributed by atoms with E-state index >= 15 is 0 Å². The highest BCUT2D eigenvalue weighted by Gasteiger charge is 2.31. The maximum absolute atomic E-state index is 13.8. The Morgan fingerprint density at radius 2 is 1.77 bits per heavy atom. The highest BCUT2D eigenvalue weighted by molar-refractivity contribution is 5.79. The molecule has 0 unspecified atom stereocenters. The van der Waals surface area contributed by atoms with Crippen LogP contribution in [-0.4, -0.2) is 30.1 Å². The second-order valence-electron chi connectivity index (χ2n) is 9.84. The molecule has 6 rings (SSSR count). The van der Waals surface area contributed by atoms with Gasteiger partial charge in [0, 0.05) is 17.6 Å². The molecule has 9 heteroatoms. The normalized spacial score (nSPS) is 12.3. The van der Waals surface area contributed by atoms with E-state index < -0.39 is 6.04 Å². The van der Waals surface area contributed by atoms with Crippen molar-refractivity contribution in [1.29, 1.82) is 0 Å². The number of rotatable bonds is 9. The molecule has 0 bridgehead atoms. The van der Waals surface area contributed by atoms with Gasteiger partial charge in [-0.3, -0.25) is 9.69 Å². The Bertz CT molecular complexity index is 1780. The Morgan fingerprint density at radius 1 is 0.950 bits per heavy atom. The van der Waals surface area contributed by atoms with Gasteiger partial charge >= 0.3 is 0 Å². The monoisotopic (exact) mass is 534 g/mol. The molecule has 0 fully saturated rings. The zero-order valence-corrected chi connectivity index (χ0v) is 21.9. The molecular weight excluding hydrogens is 507 g/mol. The molecule has 200 valence electrons. The van der Waals surface area contributed by atoms with Gasteiger partial charge in [-0.15, -0.1) is 5.10 Å². The van der Waals surface area contributed by atoms with Crippen LogP contribution in [0.15, 0.2) is 106 Å². The van der Waals surface area contributed by atoms with Crippen molar-refractivity contribution in [3.8, 4) is 0 Å². The van der Waals surface area contributed by atoms with E-state index in [-0.39, 0.29) is 11.4 Å². The van der Waals surface area contributed by atoms with Gasteiger partial charge in [-0.25, -0.2) is 9.07 Å². The van der Waals surface area contributed by atoms with Gasteiger partial charge in [-0.1, -0.05) is 54.6 Å². The van der Waals surface area contributed by atoms with Crippen LogP contribution in [0, 0.1) is 12.7 Å². The molecule has 40 heavy (non-hydrogen) atoms. The second-order valence-corrected chi connectivity index (χ2v) is 9.84. The summed E-state index contributed by atoms with van der Waals surface area (Å²) in [7, 11) is 0. The van der Waals surface area contributed by atoms with Gasteiger partial charge in [-0.2, -0.15) is 0 Å². The van der Waals surface area contributed by atoms with Crippen LogP contribution in [0.3, 0.4) is 0 Å². The Balaban J connectivity index is 1.52. The van der Waals surface area contributed by atoms with Crippen LogP contribution in [-0.2, 0) is 19.6 Å². The van der Waals surface area contributed by atoms with E-state index in [4.69, 9.17) is 4.42 Å². The summed E-state index contributed by atoms with van der Waals surface area (Å²) in [4.78, 5) is 18.9. The number of nitrogens with one attached hydrogen (secondary N) is 1. The summed E-state index contributed by atoms with van der Waals surface area (Å²) in [6, 6.07) is 27.1. The van der Waals surface area contributed by atoms with Crippen molar-refractivity contribution >= 4 is 10.9 Å². The molecule has 3 aromatic carbocycles. The molecule has 3 heterocycles. The molecule has 0 spiro atoms. The molecule has 0 radical (unpaired) electrons. The van der Waals surface area contributed by atoms with Gasteiger partial charge in [0.1, 0.15) is 17.6 Å². The van der Waals surface area contributed by atoms with Crippen LogP contribution < -0.4 is 5.56 Å². The van der Waals surface area contributed by atoms with Crippen molar-refractivity contribution in [2.45, 2.75) is 32.6 Å². The summed E-state index contributed by atoms with van der Waals surface area (Å²) in [6.45, 7) is 3.16. The Hall–Kier alpha value is -4.89. The van der Waals surface area contributed by atoms with Gasteiger partial charge in [0.2, 0.25) is 0 Å². The van der Waals surface area contributed by atoms with E-state index in [1.807, 2.05) is 73.7 Å². The molecule has 8 nitrogen and oxygen atoms in total. The number of H-pyrrole nitrogens is 1. The first-order valence-electron chi connectivity index (χ1n) is 13.0. The fourth-order valence-electron chi connectivity index (χ4n) is 4.98.